The van der Waals surface area contributed by atoms with Crippen LogP contribution in [0.25, 0.3) is 10.1 Å². The predicted molar refractivity (Wildman–Crippen MR) is 77.1 cm³/mol. The van der Waals surface area contributed by atoms with Crippen LogP contribution in [0.1, 0.15) is 12.0 Å². The monoisotopic (exact) mass is 262 g/mol. The molecule has 0 fully saturated rings. The first-order valence-electron chi connectivity index (χ1n) is 6.17. The molecule has 1 aromatic heterocycles. The number of hydrogen-bond donors (Lipinski definition) is 2. The zero-order chi connectivity index (χ0) is 12.8. The Morgan fingerprint density at radius 1 is 1.28 bits per heavy atom. The molecule has 0 spiro atoms. The molecular formula is C14H18N2OS. The maximum absolute atomic E-state index is 11.4. The third-order valence-electron chi connectivity index (χ3n) is 2.88. The highest BCUT2D eigenvalue weighted by Gasteiger charge is 2.04. The number of carbonyl (C=O) groups is 1. The van der Waals surface area contributed by atoms with Crippen LogP contribution in [-0.2, 0) is 11.2 Å². The van der Waals surface area contributed by atoms with Gasteiger partial charge in [0.25, 0.3) is 0 Å². The second kappa shape index (κ2) is 6.52. The third-order valence-corrected chi connectivity index (χ3v) is 3.89. The summed E-state index contributed by atoms with van der Waals surface area (Å²) in [5, 5.41) is 9.41. The Morgan fingerprint density at radius 2 is 2.11 bits per heavy atom. The van der Waals surface area contributed by atoms with E-state index in [1.807, 2.05) is 7.05 Å². The van der Waals surface area contributed by atoms with Crippen molar-refractivity contribution in [2.24, 2.45) is 0 Å². The lowest BCUT2D eigenvalue weighted by Crippen LogP contribution is -2.28. The largest absolute Gasteiger partial charge is 0.356 e. The van der Waals surface area contributed by atoms with Gasteiger partial charge >= 0.3 is 0 Å². The van der Waals surface area contributed by atoms with Crippen molar-refractivity contribution in [2.45, 2.75) is 12.8 Å². The standard InChI is InChI=1S/C14H18N2OS/c1-15-8-7-14(17)16-9-6-11-10-18-13-5-3-2-4-12(11)13/h2-5,10,15H,6-9H2,1H3,(H,16,17). The Kier molecular flexibility index (Phi) is 4.73. The predicted octanol–water partition coefficient (Wildman–Crippen LogP) is 2.17. The van der Waals surface area contributed by atoms with E-state index in [0.29, 0.717) is 13.0 Å². The van der Waals surface area contributed by atoms with E-state index in [0.717, 1.165) is 13.0 Å². The van der Waals surface area contributed by atoms with E-state index < -0.39 is 0 Å². The van der Waals surface area contributed by atoms with Gasteiger partial charge in [0.15, 0.2) is 0 Å². The molecule has 0 aliphatic rings. The SMILES string of the molecule is CNCCC(=O)NCCc1csc2ccccc12. The van der Waals surface area contributed by atoms with E-state index in [1.165, 1.54) is 15.6 Å². The number of fused-ring (bicyclic) bond motifs is 1. The van der Waals surface area contributed by atoms with Gasteiger partial charge in [-0.1, -0.05) is 18.2 Å². The van der Waals surface area contributed by atoms with Gasteiger partial charge in [0, 0.05) is 24.2 Å². The van der Waals surface area contributed by atoms with Crippen LogP contribution in [0.4, 0.5) is 0 Å². The molecule has 4 heteroatoms. The number of benzene rings is 1. The summed E-state index contributed by atoms with van der Waals surface area (Å²) in [6.45, 7) is 1.44. The van der Waals surface area contributed by atoms with Crippen LogP contribution in [0.5, 0.6) is 0 Å². The smallest absolute Gasteiger partial charge is 0.221 e. The lowest BCUT2D eigenvalue weighted by atomic mass is 10.1. The number of nitrogens with one attached hydrogen (secondary N) is 2. The van der Waals surface area contributed by atoms with Gasteiger partial charge in [0.1, 0.15) is 0 Å². The highest BCUT2D eigenvalue weighted by Crippen LogP contribution is 2.25. The van der Waals surface area contributed by atoms with Gasteiger partial charge in [-0.25, -0.2) is 0 Å². The molecule has 2 aromatic rings. The molecule has 0 bridgehead atoms. The van der Waals surface area contributed by atoms with Crippen molar-refractivity contribution >= 4 is 27.3 Å². The van der Waals surface area contributed by atoms with E-state index in [9.17, 15) is 4.79 Å². The van der Waals surface area contributed by atoms with Crippen LogP contribution >= 0.6 is 11.3 Å². The minimum Gasteiger partial charge on any atom is -0.356 e. The summed E-state index contributed by atoms with van der Waals surface area (Å²) in [6.07, 6.45) is 1.44. The van der Waals surface area contributed by atoms with Gasteiger partial charge in [-0.3, -0.25) is 4.79 Å². The quantitative estimate of drug-likeness (QED) is 0.837. The fraction of sp³-hybridized carbons (Fsp3) is 0.357. The molecule has 1 amide bonds. The number of thiophene rings is 1. The number of amides is 1. The molecule has 1 heterocycles. The van der Waals surface area contributed by atoms with Crippen LogP contribution in [-0.4, -0.2) is 26.0 Å². The van der Waals surface area contributed by atoms with Crippen molar-refractivity contribution in [2.75, 3.05) is 20.1 Å². The normalized spacial score (nSPS) is 10.7. The van der Waals surface area contributed by atoms with Gasteiger partial charge in [-0.15, -0.1) is 11.3 Å². The molecule has 2 N–H and O–H groups in total. The molecular weight excluding hydrogens is 244 g/mol. The molecule has 0 radical (unpaired) electrons. The van der Waals surface area contributed by atoms with E-state index in [2.05, 4.69) is 40.3 Å². The molecule has 1 aromatic carbocycles. The average molecular weight is 262 g/mol. The number of carbonyl (C=O) groups excluding carboxylic acids is 1. The first-order valence-corrected chi connectivity index (χ1v) is 7.05. The lowest BCUT2D eigenvalue weighted by molar-refractivity contribution is -0.120. The summed E-state index contributed by atoms with van der Waals surface area (Å²) in [7, 11) is 1.85. The average Bonchev–Trinajstić information content (AvgIpc) is 2.80. The van der Waals surface area contributed by atoms with Crippen molar-refractivity contribution in [1.82, 2.24) is 10.6 Å². The van der Waals surface area contributed by atoms with Crippen LogP contribution in [0.3, 0.4) is 0 Å². The van der Waals surface area contributed by atoms with Gasteiger partial charge in [-0.2, -0.15) is 0 Å². The summed E-state index contributed by atoms with van der Waals surface area (Å²) >= 11 is 1.76. The molecule has 2 rings (SSSR count). The summed E-state index contributed by atoms with van der Waals surface area (Å²) in [5.74, 6) is 0.115. The van der Waals surface area contributed by atoms with Crippen LogP contribution in [0.2, 0.25) is 0 Å². The number of rotatable bonds is 6. The fourth-order valence-corrected chi connectivity index (χ4v) is 2.89. The van der Waals surface area contributed by atoms with Gasteiger partial charge < -0.3 is 10.6 Å². The number of hydrogen-bond acceptors (Lipinski definition) is 3. The van der Waals surface area contributed by atoms with Crippen molar-refractivity contribution in [3.05, 3.63) is 35.2 Å². The van der Waals surface area contributed by atoms with E-state index in [4.69, 9.17) is 0 Å². The Balaban J connectivity index is 1.85. The van der Waals surface area contributed by atoms with Crippen LogP contribution < -0.4 is 10.6 Å². The Bertz CT molecular complexity index is 521. The Morgan fingerprint density at radius 3 is 2.94 bits per heavy atom. The first-order chi connectivity index (χ1) is 8.81. The minimum atomic E-state index is 0.115. The van der Waals surface area contributed by atoms with Gasteiger partial charge in [0.2, 0.25) is 5.91 Å². The third kappa shape index (κ3) is 3.31. The molecule has 0 saturated heterocycles. The van der Waals surface area contributed by atoms with E-state index in [1.54, 1.807) is 11.3 Å². The molecule has 3 nitrogen and oxygen atoms in total. The van der Waals surface area contributed by atoms with E-state index >= 15 is 0 Å². The maximum atomic E-state index is 11.4. The summed E-state index contributed by atoms with van der Waals surface area (Å²) in [6, 6.07) is 8.39. The zero-order valence-corrected chi connectivity index (χ0v) is 11.3. The Labute approximate surface area is 111 Å². The van der Waals surface area contributed by atoms with Crippen LogP contribution in [0.15, 0.2) is 29.6 Å². The second-order valence-electron chi connectivity index (χ2n) is 4.21. The van der Waals surface area contributed by atoms with Crippen molar-refractivity contribution < 1.29 is 4.79 Å². The second-order valence-corrected chi connectivity index (χ2v) is 5.12. The van der Waals surface area contributed by atoms with Crippen LogP contribution in [0, 0.1) is 0 Å². The van der Waals surface area contributed by atoms with Crippen molar-refractivity contribution in [3.63, 3.8) is 0 Å². The summed E-state index contributed by atoms with van der Waals surface area (Å²) < 4.78 is 1.31. The van der Waals surface area contributed by atoms with Crippen molar-refractivity contribution in [3.8, 4) is 0 Å². The topological polar surface area (TPSA) is 41.1 Å². The van der Waals surface area contributed by atoms with E-state index in [-0.39, 0.29) is 5.91 Å². The zero-order valence-electron chi connectivity index (χ0n) is 10.5. The molecule has 0 saturated carbocycles. The maximum Gasteiger partial charge on any atom is 0.221 e. The molecule has 0 atom stereocenters. The molecule has 0 unspecified atom stereocenters. The van der Waals surface area contributed by atoms with Gasteiger partial charge in [-0.05, 0) is 35.9 Å². The molecule has 0 aliphatic heterocycles. The molecule has 96 valence electrons. The Hall–Kier alpha value is -1.39. The first kappa shape index (κ1) is 13.1. The summed E-state index contributed by atoms with van der Waals surface area (Å²) in [4.78, 5) is 11.4. The fourth-order valence-electron chi connectivity index (χ4n) is 1.89. The highest BCUT2D eigenvalue weighted by atomic mass is 32.1. The molecule has 0 aliphatic carbocycles. The van der Waals surface area contributed by atoms with Gasteiger partial charge in [0.05, 0.1) is 0 Å². The van der Waals surface area contributed by atoms with Crippen molar-refractivity contribution in [1.29, 1.82) is 0 Å². The lowest BCUT2D eigenvalue weighted by Gasteiger charge is -2.04. The molecule has 18 heavy (non-hydrogen) atoms. The highest BCUT2D eigenvalue weighted by molar-refractivity contribution is 7.17. The minimum absolute atomic E-state index is 0.115. The summed E-state index contributed by atoms with van der Waals surface area (Å²) in [5.41, 5.74) is 1.32.